The Balaban J connectivity index is 0.00000150. The van der Waals surface area contributed by atoms with E-state index in [0.29, 0.717) is 33.2 Å². The smallest absolute Gasteiger partial charge is 0.277 e. The molecule has 0 aliphatic carbocycles. The predicted molar refractivity (Wildman–Crippen MR) is 120 cm³/mol. The number of amides is 1. The molecule has 4 rings (SSSR count). The van der Waals surface area contributed by atoms with Gasteiger partial charge in [-0.15, -0.1) is 36.2 Å². The van der Waals surface area contributed by atoms with Crippen LogP contribution in [-0.2, 0) is 7.05 Å². The molecule has 7 nitrogen and oxygen atoms in total. The van der Waals surface area contributed by atoms with Crippen LogP contribution in [0.15, 0.2) is 4.79 Å². The second-order valence-electron chi connectivity index (χ2n) is 7.73. The molecule has 0 aromatic carbocycles. The lowest BCUT2D eigenvalue weighted by Crippen LogP contribution is -2.48. The monoisotopic (exact) mass is 459 g/mol. The van der Waals surface area contributed by atoms with E-state index in [-0.39, 0.29) is 42.3 Å². The van der Waals surface area contributed by atoms with Crippen molar-refractivity contribution in [2.75, 3.05) is 0 Å². The van der Waals surface area contributed by atoms with Crippen LogP contribution in [0.3, 0.4) is 0 Å². The average molecular weight is 460 g/mol. The molecule has 29 heavy (non-hydrogen) atoms. The minimum Gasteiger partial charge on any atom is -0.348 e. The van der Waals surface area contributed by atoms with Gasteiger partial charge >= 0.3 is 0 Å². The Morgan fingerprint density at radius 2 is 1.76 bits per heavy atom. The SMILES string of the molecule is Cc1nc(-c2c(C)c(C)nn(C)c2=O)sc1C(=O)NC1CC2CCC(C1)N2.Cl.Cl. The maximum absolute atomic E-state index is 12.9. The molecule has 4 heterocycles. The van der Waals surface area contributed by atoms with Crippen molar-refractivity contribution in [2.45, 2.75) is 64.6 Å². The number of nitrogens with one attached hydrogen (secondary N) is 2. The van der Waals surface area contributed by atoms with Gasteiger partial charge in [0, 0.05) is 25.2 Å². The molecule has 160 valence electrons. The van der Waals surface area contributed by atoms with Crippen molar-refractivity contribution >= 4 is 42.1 Å². The van der Waals surface area contributed by atoms with Gasteiger partial charge in [-0.2, -0.15) is 5.10 Å². The third-order valence-corrected chi connectivity index (χ3v) is 6.92. The summed E-state index contributed by atoms with van der Waals surface area (Å²) in [5.74, 6) is -0.0807. The van der Waals surface area contributed by atoms with Gasteiger partial charge in [-0.3, -0.25) is 9.59 Å². The molecule has 0 saturated carbocycles. The molecule has 2 bridgehead atoms. The highest BCUT2D eigenvalue weighted by molar-refractivity contribution is 7.17. The lowest BCUT2D eigenvalue weighted by atomic mass is 10.00. The van der Waals surface area contributed by atoms with Crippen LogP contribution in [0.1, 0.15) is 52.3 Å². The molecular weight excluding hydrogens is 433 g/mol. The zero-order valence-electron chi connectivity index (χ0n) is 16.9. The number of carbonyl (C=O) groups excluding carboxylic acids is 1. The Labute approximate surface area is 186 Å². The first kappa shape index (κ1) is 23.8. The van der Waals surface area contributed by atoms with Crippen LogP contribution < -0.4 is 16.2 Å². The van der Waals surface area contributed by atoms with Crippen LogP contribution in [0.4, 0.5) is 0 Å². The van der Waals surface area contributed by atoms with E-state index in [0.717, 1.165) is 24.1 Å². The molecular formula is C19H27Cl2N5O2S. The number of carbonyl (C=O) groups is 1. The number of halogens is 2. The van der Waals surface area contributed by atoms with Crippen LogP contribution >= 0.6 is 36.2 Å². The van der Waals surface area contributed by atoms with E-state index in [1.54, 1.807) is 7.05 Å². The Hall–Kier alpha value is -1.48. The van der Waals surface area contributed by atoms with Gasteiger partial charge in [-0.25, -0.2) is 9.67 Å². The highest BCUT2D eigenvalue weighted by Gasteiger charge is 2.34. The van der Waals surface area contributed by atoms with Gasteiger partial charge in [0.15, 0.2) is 0 Å². The van der Waals surface area contributed by atoms with Crippen molar-refractivity contribution in [2.24, 2.45) is 7.05 Å². The van der Waals surface area contributed by atoms with E-state index >= 15 is 0 Å². The number of rotatable bonds is 3. The van der Waals surface area contributed by atoms with E-state index in [1.165, 1.54) is 28.9 Å². The summed E-state index contributed by atoms with van der Waals surface area (Å²) in [6.45, 7) is 5.58. The zero-order chi connectivity index (χ0) is 19.3. The molecule has 2 aromatic heterocycles. The number of fused-ring (bicyclic) bond motifs is 2. The van der Waals surface area contributed by atoms with Crippen molar-refractivity contribution in [3.8, 4) is 10.6 Å². The summed E-state index contributed by atoms with van der Waals surface area (Å²) in [4.78, 5) is 30.6. The van der Waals surface area contributed by atoms with E-state index in [1.807, 2.05) is 20.8 Å². The molecule has 2 aliphatic heterocycles. The van der Waals surface area contributed by atoms with Crippen molar-refractivity contribution in [1.29, 1.82) is 0 Å². The normalized spacial score (nSPS) is 22.6. The van der Waals surface area contributed by atoms with Crippen molar-refractivity contribution < 1.29 is 4.79 Å². The first-order valence-corrected chi connectivity index (χ1v) is 10.2. The minimum absolute atomic E-state index is 0. The Bertz CT molecular complexity index is 962. The number of thiazole rings is 1. The number of hydrogen-bond donors (Lipinski definition) is 2. The van der Waals surface area contributed by atoms with E-state index in [4.69, 9.17) is 0 Å². The second kappa shape index (κ2) is 9.12. The molecule has 2 aromatic rings. The molecule has 2 atom stereocenters. The van der Waals surface area contributed by atoms with Gasteiger partial charge in [-0.1, -0.05) is 0 Å². The van der Waals surface area contributed by atoms with Crippen molar-refractivity contribution in [3.63, 3.8) is 0 Å². The number of hydrogen-bond acceptors (Lipinski definition) is 6. The fraction of sp³-hybridized carbons (Fsp3) is 0.579. The van der Waals surface area contributed by atoms with Gasteiger partial charge in [0.1, 0.15) is 9.88 Å². The Morgan fingerprint density at radius 3 is 2.38 bits per heavy atom. The van der Waals surface area contributed by atoms with Gasteiger partial charge in [0.05, 0.1) is 17.0 Å². The third kappa shape index (κ3) is 4.50. The third-order valence-electron chi connectivity index (χ3n) is 5.75. The number of aromatic nitrogens is 3. The number of nitrogens with zero attached hydrogens (tertiary/aromatic N) is 3. The minimum atomic E-state index is -0.186. The van der Waals surface area contributed by atoms with Gasteiger partial charge in [-0.05, 0) is 52.0 Å². The molecule has 1 amide bonds. The fourth-order valence-electron chi connectivity index (χ4n) is 4.24. The van der Waals surface area contributed by atoms with E-state index in [9.17, 15) is 9.59 Å². The van der Waals surface area contributed by atoms with Crippen molar-refractivity contribution in [3.05, 3.63) is 32.2 Å². The standard InChI is InChI=1S/C19H25N5O2S.2ClH/c1-9-10(2)23-24(4)19(26)15(9)18-20-11(3)16(27-18)17(25)22-14-7-12-5-6-13(8-14)21-12;;/h12-14,21H,5-8H2,1-4H3,(H,22,25);2*1H. The van der Waals surface area contributed by atoms with Crippen LogP contribution in [0, 0.1) is 20.8 Å². The van der Waals surface area contributed by atoms with Crippen LogP contribution in [0.25, 0.3) is 10.6 Å². The highest BCUT2D eigenvalue weighted by Crippen LogP contribution is 2.30. The Kier molecular flexibility index (Phi) is 7.48. The topological polar surface area (TPSA) is 88.9 Å². The summed E-state index contributed by atoms with van der Waals surface area (Å²) in [7, 11) is 1.64. The summed E-state index contributed by atoms with van der Waals surface area (Å²) in [6, 6.07) is 1.26. The second-order valence-corrected chi connectivity index (χ2v) is 8.73. The van der Waals surface area contributed by atoms with Gasteiger partial charge < -0.3 is 10.6 Å². The maximum atomic E-state index is 12.9. The molecule has 2 N–H and O–H groups in total. The fourth-order valence-corrected chi connectivity index (χ4v) is 5.30. The summed E-state index contributed by atoms with van der Waals surface area (Å²) >= 11 is 1.29. The lowest BCUT2D eigenvalue weighted by molar-refractivity contribution is 0.0927. The predicted octanol–water partition coefficient (Wildman–Crippen LogP) is 2.69. The van der Waals surface area contributed by atoms with Crippen LogP contribution in [0.2, 0.25) is 0 Å². The largest absolute Gasteiger partial charge is 0.348 e. The summed E-state index contributed by atoms with van der Waals surface area (Å²) in [5, 5.41) is 11.6. The lowest BCUT2D eigenvalue weighted by Gasteiger charge is -2.29. The molecule has 10 heteroatoms. The molecule has 0 spiro atoms. The first-order chi connectivity index (χ1) is 12.8. The van der Waals surface area contributed by atoms with Gasteiger partial charge in [0.25, 0.3) is 11.5 Å². The molecule has 2 fully saturated rings. The van der Waals surface area contributed by atoms with Crippen molar-refractivity contribution in [1.82, 2.24) is 25.4 Å². The summed E-state index contributed by atoms with van der Waals surface area (Å²) in [5.41, 5.74) is 2.62. The molecule has 2 aliphatic rings. The summed E-state index contributed by atoms with van der Waals surface area (Å²) < 4.78 is 1.33. The van der Waals surface area contributed by atoms with Crippen LogP contribution in [-0.4, -0.2) is 38.8 Å². The molecule has 2 saturated heterocycles. The molecule has 0 radical (unpaired) electrons. The number of aryl methyl sites for hydroxylation is 3. The first-order valence-electron chi connectivity index (χ1n) is 9.42. The highest BCUT2D eigenvalue weighted by atomic mass is 35.5. The maximum Gasteiger partial charge on any atom is 0.277 e. The molecule has 2 unspecified atom stereocenters. The average Bonchev–Trinajstić information content (AvgIpc) is 3.15. The Morgan fingerprint density at radius 1 is 1.14 bits per heavy atom. The van der Waals surface area contributed by atoms with E-state index in [2.05, 4.69) is 20.7 Å². The van der Waals surface area contributed by atoms with Crippen LogP contribution in [0.5, 0.6) is 0 Å². The quantitative estimate of drug-likeness (QED) is 0.736. The zero-order valence-corrected chi connectivity index (χ0v) is 19.4. The van der Waals surface area contributed by atoms with Gasteiger partial charge in [0.2, 0.25) is 0 Å². The number of piperidine rings is 1. The summed E-state index contributed by atoms with van der Waals surface area (Å²) in [6.07, 6.45) is 4.36. The van der Waals surface area contributed by atoms with E-state index < -0.39 is 0 Å².